The standard InChI is InChI=1S/C23H32N.2C22H30N.C18H22N/c1-17-10-6-9-13-20(17)22-14-19(15-23(2,3)4)21(16-24(22)5)18-11-7-8-12-18;1-16(2)13-19-15-23(4)22(20-12-8-5-9-17(20)3)14-21(19)18-10-6-7-11-18;1-16(2)13-19-14-22(20-12-8-5-9-17(20)3)23(4)15-21(19)18-10-6-7-11-18;1-14-7-3-6-10-17(14)18-12-11-16(13-19(18)2)15-8-4-5-9-15/h6,9-10,13-14,16,18H,7-8,11-12,15H2,1-5H3;2*5,8-9,12,14-16,18H,6-7,10-11,13H2,1-4H3;3,6-7,10-13,15H,4-5,8-9H2,1-2H3/q4*+1. The Kier molecular flexibility index (Phi) is 23.3. The Labute approximate surface area is 541 Å². The van der Waals surface area contributed by atoms with E-state index in [4.69, 9.17) is 0 Å². The summed E-state index contributed by atoms with van der Waals surface area (Å²) < 4.78 is 9.32. The van der Waals surface area contributed by atoms with Gasteiger partial charge in [0.05, 0.1) is 0 Å². The minimum Gasteiger partial charge on any atom is -0.201 e. The molecule has 0 radical (unpaired) electrons. The molecule has 0 N–H and O–H groups in total. The van der Waals surface area contributed by atoms with Gasteiger partial charge in [-0.1, -0.05) is 173 Å². The molecule has 470 valence electrons. The Balaban J connectivity index is 0.000000141. The van der Waals surface area contributed by atoms with Crippen LogP contribution in [0.25, 0.3) is 45.0 Å². The molecule has 0 saturated heterocycles. The van der Waals surface area contributed by atoms with Crippen LogP contribution in [-0.2, 0) is 47.5 Å². The zero-order chi connectivity index (χ0) is 63.4. The van der Waals surface area contributed by atoms with E-state index in [2.05, 4.69) is 275 Å². The van der Waals surface area contributed by atoms with Crippen LogP contribution in [0.15, 0.2) is 152 Å². The van der Waals surface area contributed by atoms with Crippen molar-refractivity contribution in [1.82, 2.24) is 0 Å². The molecule has 0 unspecified atom stereocenters. The number of hydrogen-bond donors (Lipinski definition) is 0. The Morgan fingerprint density at radius 2 is 0.674 bits per heavy atom. The van der Waals surface area contributed by atoms with Crippen LogP contribution in [0, 0.1) is 44.9 Å². The van der Waals surface area contributed by atoms with Crippen molar-refractivity contribution in [3.8, 4) is 45.0 Å². The first-order chi connectivity index (χ1) is 42.7. The summed E-state index contributed by atoms with van der Waals surface area (Å²) in [5.74, 6) is 4.51. The van der Waals surface area contributed by atoms with Crippen LogP contribution in [-0.4, -0.2) is 0 Å². The van der Waals surface area contributed by atoms with Crippen LogP contribution in [0.5, 0.6) is 0 Å². The van der Waals surface area contributed by atoms with Crippen molar-refractivity contribution in [2.24, 2.45) is 45.4 Å². The molecule has 0 amide bonds. The van der Waals surface area contributed by atoms with E-state index >= 15 is 0 Å². The highest BCUT2D eigenvalue weighted by molar-refractivity contribution is 5.64. The second-order valence-corrected chi connectivity index (χ2v) is 29.8. The van der Waals surface area contributed by atoms with Gasteiger partial charge in [-0.3, -0.25) is 0 Å². The Morgan fingerprint density at radius 1 is 0.348 bits per heavy atom. The molecule has 4 fully saturated rings. The number of aromatic nitrogens is 4. The van der Waals surface area contributed by atoms with E-state index in [1.807, 2.05) is 0 Å². The molecule has 89 heavy (non-hydrogen) atoms. The second-order valence-electron chi connectivity index (χ2n) is 29.8. The zero-order valence-corrected chi connectivity index (χ0v) is 58.1. The maximum atomic E-state index is 2.50. The van der Waals surface area contributed by atoms with E-state index in [1.54, 1.807) is 33.4 Å². The third-order valence-corrected chi connectivity index (χ3v) is 20.2. The minimum absolute atomic E-state index is 0.316. The summed E-state index contributed by atoms with van der Waals surface area (Å²) in [7, 11) is 8.78. The molecule has 8 aromatic rings. The van der Waals surface area contributed by atoms with Crippen molar-refractivity contribution in [2.75, 3.05) is 0 Å². The van der Waals surface area contributed by atoms with E-state index in [9.17, 15) is 0 Å². The summed E-state index contributed by atoms with van der Waals surface area (Å²) in [5, 5.41) is 0. The lowest BCUT2D eigenvalue weighted by molar-refractivity contribution is -0.661. The van der Waals surface area contributed by atoms with Gasteiger partial charge in [-0.15, -0.1) is 0 Å². The first kappa shape index (κ1) is 66.9. The summed E-state index contributed by atoms with van der Waals surface area (Å²) in [5.41, 5.74) is 27.5. The maximum absolute atomic E-state index is 2.50. The fraction of sp³-hybridized carbons (Fsp3) is 0.482. The molecule has 4 aromatic carbocycles. The Bertz CT molecular complexity index is 3600. The molecule has 0 aliphatic heterocycles. The van der Waals surface area contributed by atoms with E-state index in [0.29, 0.717) is 17.3 Å². The predicted molar refractivity (Wildman–Crippen MR) is 376 cm³/mol. The molecule has 4 nitrogen and oxygen atoms in total. The summed E-state index contributed by atoms with van der Waals surface area (Å²) in [6, 6.07) is 46.9. The number of hydrogen-bond acceptors (Lipinski definition) is 0. The van der Waals surface area contributed by atoms with Crippen molar-refractivity contribution < 1.29 is 18.3 Å². The van der Waals surface area contributed by atoms with E-state index in [1.165, 1.54) is 188 Å². The predicted octanol–water partition coefficient (Wildman–Crippen LogP) is 20.6. The van der Waals surface area contributed by atoms with Crippen molar-refractivity contribution in [2.45, 2.75) is 222 Å². The lowest BCUT2D eigenvalue weighted by Crippen LogP contribution is -2.33. The molecule has 4 aliphatic rings. The van der Waals surface area contributed by atoms with Gasteiger partial charge in [0.25, 0.3) is 0 Å². The highest BCUT2D eigenvalue weighted by Crippen LogP contribution is 2.41. The van der Waals surface area contributed by atoms with Crippen LogP contribution in [0.3, 0.4) is 0 Å². The zero-order valence-electron chi connectivity index (χ0n) is 58.1. The monoisotopic (exact) mass is 1190 g/mol. The second kappa shape index (κ2) is 31.0. The van der Waals surface area contributed by atoms with E-state index in [0.717, 1.165) is 30.1 Å². The van der Waals surface area contributed by atoms with Crippen LogP contribution in [0.1, 0.15) is 236 Å². The first-order valence-electron chi connectivity index (χ1n) is 35.0. The molecule has 0 atom stereocenters. The third kappa shape index (κ3) is 17.5. The summed E-state index contributed by atoms with van der Waals surface area (Å²) in [4.78, 5) is 0. The van der Waals surface area contributed by atoms with Crippen LogP contribution in [0.4, 0.5) is 0 Å². The van der Waals surface area contributed by atoms with Gasteiger partial charge >= 0.3 is 0 Å². The molecule has 0 spiro atoms. The van der Waals surface area contributed by atoms with Gasteiger partial charge in [-0.25, -0.2) is 18.3 Å². The molecular formula is C85H114N4+4. The number of rotatable bonds is 13. The van der Waals surface area contributed by atoms with Crippen molar-refractivity contribution >= 4 is 0 Å². The fourth-order valence-corrected chi connectivity index (χ4v) is 15.6. The summed E-state index contributed by atoms with van der Waals surface area (Å²) in [6.07, 6.45) is 35.2. The first-order valence-corrected chi connectivity index (χ1v) is 35.0. The van der Waals surface area contributed by atoms with Gasteiger partial charge in [0.2, 0.25) is 22.8 Å². The highest BCUT2D eigenvalue weighted by Gasteiger charge is 2.30. The lowest BCUT2D eigenvalue weighted by atomic mass is 9.83. The van der Waals surface area contributed by atoms with E-state index in [-0.39, 0.29) is 0 Å². The molecule has 0 bridgehead atoms. The highest BCUT2D eigenvalue weighted by atomic mass is 14.9. The molecule has 4 saturated carbocycles. The molecule has 12 rings (SSSR count). The Morgan fingerprint density at radius 3 is 1.07 bits per heavy atom. The smallest absolute Gasteiger partial charge is 0.201 e. The topological polar surface area (TPSA) is 15.5 Å². The third-order valence-electron chi connectivity index (χ3n) is 20.2. The molecule has 4 heteroatoms. The normalized spacial score (nSPS) is 15.7. The molecule has 4 aliphatic carbocycles. The lowest BCUT2D eigenvalue weighted by Gasteiger charge is -2.22. The van der Waals surface area contributed by atoms with Gasteiger partial charge in [0, 0.05) is 68.8 Å². The van der Waals surface area contributed by atoms with Gasteiger partial charge in [-0.2, -0.15) is 0 Å². The van der Waals surface area contributed by atoms with Crippen molar-refractivity contribution in [3.63, 3.8) is 0 Å². The van der Waals surface area contributed by atoms with Crippen molar-refractivity contribution in [3.05, 3.63) is 213 Å². The van der Waals surface area contributed by atoms with Crippen LogP contribution >= 0.6 is 0 Å². The van der Waals surface area contributed by atoms with Crippen LogP contribution in [0.2, 0.25) is 0 Å². The average molecular weight is 1190 g/mol. The Hall–Kier alpha value is -6.52. The summed E-state index contributed by atoms with van der Waals surface area (Å²) in [6.45, 7) is 25.2. The van der Waals surface area contributed by atoms with Gasteiger partial charge in [0.1, 0.15) is 28.2 Å². The number of aryl methyl sites for hydroxylation is 8. The van der Waals surface area contributed by atoms with Gasteiger partial charge < -0.3 is 0 Å². The minimum atomic E-state index is 0.316. The average Bonchev–Trinajstić information content (AvgIpc) is 2.23. The summed E-state index contributed by atoms with van der Waals surface area (Å²) >= 11 is 0. The van der Waals surface area contributed by atoms with Gasteiger partial charge in [-0.05, 0) is 209 Å². The quantitative estimate of drug-likeness (QED) is 0.102. The largest absolute Gasteiger partial charge is 0.212 e. The van der Waals surface area contributed by atoms with E-state index < -0.39 is 0 Å². The fourth-order valence-electron chi connectivity index (χ4n) is 15.6. The van der Waals surface area contributed by atoms with Crippen LogP contribution < -0.4 is 18.3 Å². The maximum Gasteiger partial charge on any atom is 0.212 e. The number of benzene rings is 4. The molecular weight excluding hydrogens is 1080 g/mol. The SMILES string of the molecule is Cc1ccccc1-c1cc(C2CCCC2)c(CC(C)C)c[n+]1C.Cc1ccccc1-c1cc(CC(C)(C)C)c(C2CCCC2)c[n+]1C.Cc1ccccc1-c1cc(CC(C)C)c(C2CCCC2)c[n+]1C.Cc1ccccc1-c1ccc(C2CCCC2)c[n+]1C. The van der Waals surface area contributed by atoms with Crippen molar-refractivity contribution in [1.29, 1.82) is 0 Å². The number of nitrogens with zero attached hydrogens (tertiary/aromatic N) is 4. The van der Waals surface area contributed by atoms with Gasteiger partial charge in [0.15, 0.2) is 24.8 Å². The number of pyridine rings is 4. The molecule has 4 heterocycles. The molecule has 4 aromatic heterocycles.